The van der Waals surface area contributed by atoms with E-state index in [1.54, 1.807) is 19.2 Å². The van der Waals surface area contributed by atoms with Crippen molar-refractivity contribution >= 4 is 33.9 Å². The normalized spacial score (nSPS) is 10.8. The van der Waals surface area contributed by atoms with Gasteiger partial charge in [0.25, 0.3) is 5.56 Å². The fourth-order valence-corrected chi connectivity index (χ4v) is 4.17. The van der Waals surface area contributed by atoms with E-state index >= 15 is 0 Å². The number of fused-ring (bicyclic) bond motifs is 1. The molecule has 5 nitrogen and oxygen atoms in total. The average molecular weight is 476 g/mol. The van der Waals surface area contributed by atoms with Gasteiger partial charge in [0.2, 0.25) is 0 Å². The molecule has 0 unspecified atom stereocenters. The summed E-state index contributed by atoms with van der Waals surface area (Å²) in [5, 5.41) is 4.60. The van der Waals surface area contributed by atoms with Crippen molar-refractivity contribution in [1.82, 2.24) is 9.88 Å². The van der Waals surface area contributed by atoms with Crippen LogP contribution in [0.25, 0.3) is 10.9 Å². The second kappa shape index (κ2) is 10.1. The molecular weight excluding hydrogens is 449 g/mol. The van der Waals surface area contributed by atoms with E-state index in [1.807, 2.05) is 55.1 Å². The molecule has 0 amide bonds. The number of halogens is 1. The average Bonchev–Trinajstić information content (AvgIpc) is 2.81. The summed E-state index contributed by atoms with van der Waals surface area (Å²) in [4.78, 5) is 17.9. The van der Waals surface area contributed by atoms with Crippen LogP contribution in [0.5, 0.6) is 5.75 Å². The number of aryl methyl sites for hydroxylation is 2. The Morgan fingerprint density at radius 2 is 1.74 bits per heavy atom. The van der Waals surface area contributed by atoms with Gasteiger partial charge in [-0.3, -0.25) is 4.79 Å². The fourth-order valence-electron chi connectivity index (χ4n) is 3.93. The lowest BCUT2D eigenvalue weighted by atomic mass is 10.0. The highest BCUT2D eigenvalue weighted by Crippen LogP contribution is 2.21. The SMILES string of the molecule is COc1ccc(CN(Cc2cc3c(C)cc(C)cc3[nH]c2=O)C(=S)Nc2ccc(F)cc2)cc1. The second-order valence-electron chi connectivity index (χ2n) is 8.31. The van der Waals surface area contributed by atoms with Crippen molar-refractivity contribution in [2.45, 2.75) is 26.9 Å². The van der Waals surface area contributed by atoms with Gasteiger partial charge < -0.3 is 19.9 Å². The fraction of sp³-hybridized carbons (Fsp3) is 0.185. The zero-order valence-corrected chi connectivity index (χ0v) is 20.1. The number of H-pyrrole nitrogens is 1. The molecule has 4 aromatic rings. The summed E-state index contributed by atoms with van der Waals surface area (Å²) >= 11 is 5.70. The molecule has 0 radical (unpaired) electrons. The third kappa shape index (κ3) is 5.43. The molecule has 174 valence electrons. The van der Waals surface area contributed by atoms with Crippen molar-refractivity contribution in [1.29, 1.82) is 0 Å². The van der Waals surface area contributed by atoms with Gasteiger partial charge in [0, 0.05) is 28.7 Å². The van der Waals surface area contributed by atoms with Crippen LogP contribution in [0.1, 0.15) is 22.3 Å². The van der Waals surface area contributed by atoms with Crippen LogP contribution < -0.4 is 15.6 Å². The van der Waals surface area contributed by atoms with Crippen molar-refractivity contribution in [3.63, 3.8) is 0 Å². The van der Waals surface area contributed by atoms with Crippen LogP contribution in [0.3, 0.4) is 0 Å². The number of hydrogen-bond acceptors (Lipinski definition) is 3. The number of anilines is 1. The monoisotopic (exact) mass is 475 g/mol. The van der Waals surface area contributed by atoms with Crippen LogP contribution in [0.4, 0.5) is 10.1 Å². The van der Waals surface area contributed by atoms with E-state index in [4.69, 9.17) is 17.0 Å². The molecule has 0 aliphatic heterocycles. The van der Waals surface area contributed by atoms with E-state index in [9.17, 15) is 9.18 Å². The molecule has 0 atom stereocenters. The highest BCUT2D eigenvalue weighted by atomic mass is 32.1. The summed E-state index contributed by atoms with van der Waals surface area (Å²) in [7, 11) is 1.62. The van der Waals surface area contributed by atoms with Gasteiger partial charge in [-0.05, 0) is 91.3 Å². The van der Waals surface area contributed by atoms with Crippen molar-refractivity contribution in [3.05, 3.63) is 105 Å². The first kappa shape index (κ1) is 23.4. The van der Waals surface area contributed by atoms with E-state index < -0.39 is 0 Å². The molecule has 3 aromatic carbocycles. The van der Waals surface area contributed by atoms with E-state index in [1.165, 1.54) is 12.1 Å². The smallest absolute Gasteiger partial charge is 0.253 e. The zero-order chi connectivity index (χ0) is 24.2. The number of benzene rings is 3. The summed E-state index contributed by atoms with van der Waals surface area (Å²) in [5.41, 5.74) is 5.15. The van der Waals surface area contributed by atoms with Crippen molar-refractivity contribution < 1.29 is 9.13 Å². The Balaban J connectivity index is 1.66. The number of nitrogens with zero attached hydrogens (tertiary/aromatic N) is 1. The number of methoxy groups -OCH3 is 1. The van der Waals surface area contributed by atoms with E-state index in [0.29, 0.717) is 29.5 Å². The van der Waals surface area contributed by atoms with Crippen LogP contribution in [0.15, 0.2) is 71.5 Å². The molecule has 0 aliphatic rings. The highest BCUT2D eigenvalue weighted by molar-refractivity contribution is 7.80. The molecule has 0 fully saturated rings. The maximum atomic E-state index is 13.3. The molecule has 0 spiro atoms. The highest BCUT2D eigenvalue weighted by Gasteiger charge is 2.15. The van der Waals surface area contributed by atoms with Crippen molar-refractivity contribution in [2.24, 2.45) is 0 Å². The Kier molecular flexibility index (Phi) is 6.93. The van der Waals surface area contributed by atoms with Gasteiger partial charge in [-0.15, -0.1) is 0 Å². The molecule has 0 bridgehead atoms. The van der Waals surface area contributed by atoms with Gasteiger partial charge >= 0.3 is 0 Å². The van der Waals surface area contributed by atoms with Crippen molar-refractivity contribution in [2.75, 3.05) is 12.4 Å². The minimum absolute atomic E-state index is 0.151. The Hall–Kier alpha value is -3.71. The quantitative estimate of drug-likeness (QED) is 0.351. The number of pyridine rings is 1. The lowest BCUT2D eigenvalue weighted by molar-refractivity contribution is 0.406. The Morgan fingerprint density at radius 3 is 2.41 bits per heavy atom. The predicted molar refractivity (Wildman–Crippen MR) is 139 cm³/mol. The first-order valence-corrected chi connectivity index (χ1v) is 11.3. The minimum atomic E-state index is -0.320. The third-order valence-corrected chi connectivity index (χ3v) is 6.03. The zero-order valence-electron chi connectivity index (χ0n) is 19.3. The van der Waals surface area contributed by atoms with Gasteiger partial charge in [0.15, 0.2) is 5.11 Å². The first-order chi connectivity index (χ1) is 16.3. The summed E-state index contributed by atoms with van der Waals surface area (Å²) in [6.45, 7) is 4.82. The number of nitrogens with one attached hydrogen (secondary N) is 2. The van der Waals surface area contributed by atoms with Crippen molar-refractivity contribution in [3.8, 4) is 5.75 Å². The Labute approximate surface area is 203 Å². The maximum absolute atomic E-state index is 13.3. The molecule has 7 heteroatoms. The Bertz CT molecular complexity index is 1380. The molecular formula is C27H26FN3O2S. The summed E-state index contributed by atoms with van der Waals surface area (Å²) < 4.78 is 18.6. The number of thiocarbonyl (C=S) groups is 1. The third-order valence-electron chi connectivity index (χ3n) is 5.67. The van der Waals surface area contributed by atoms with E-state index in [2.05, 4.69) is 16.4 Å². The molecule has 0 saturated heterocycles. The van der Waals surface area contributed by atoms with E-state index in [0.717, 1.165) is 33.3 Å². The second-order valence-corrected chi connectivity index (χ2v) is 8.69. The van der Waals surface area contributed by atoms with Crippen LogP contribution in [0, 0.1) is 19.7 Å². The molecule has 0 saturated carbocycles. The molecule has 1 heterocycles. The number of aromatic nitrogens is 1. The molecule has 4 rings (SSSR count). The number of aromatic amines is 1. The Morgan fingerprint density at radius 1 is 1.03 bits per heavy atom. The number of hydrogen-bond donors (Lipinski definition) is 2. The van der Waals surface area contributed by atoms with Gasteiger partial charge in [0.05, 0.1) is 13.7 Å². The lowest BCUT2D eigenvalue weighted by Gasteiger charge is -2.26. The predicted octanol–water partition coefficient (Wildman–Crippen LogP) is 5.69. The lowest BCUT2D eigenvalue weighted by Crippen LogP contribution is -2.35. The summed E-state index contributed by atoms with van der Waals surface area (Å²) in [6.07, 6.45) is 0. The van der Waals surface area contributed by atoms with Gasteiger partial charge in [-0.25, -0.2) is 4.39 Å². The standard InChI is InChI=1S/C27H26FN3O2S/c1-17-12-18(2)24-14-20(26(32)30-25(24)13-17)16-31(15-19-4-10-23(33-3)11-5-19)27(34)29-22-8-6-21(28)7-9-22/h4-14H,15-16H2,1-3H3,(H,29,34)(H,30,32). The minimum Gasteiger partial charge on any atom is -0.497 e. The van der Waals surface area contributed by atoms with Crippen LogP contribution in [0.2, 0.25) is 0 Å². The maximum Gasteiger partial charge on any atom is 0.253 e. The number of ether oxygens (including phenoxy) is 1. The van der Waals surface area contributed by atoms with Gasteiger partial charge in [-0.2, -0.15) is 0 Å². The summed E-state index contributed by atoms with van der Waals surface area (Å²) in [5.74, 6) is 0.443. The largest absolute Gasteiger partial charge is 0.497 e. The van der Waals surface area contributed by atoms with Crippen LogP contribution >= 0.6 is 12.2 Å². The molecule has 0 aliphatic carbocycles. The topological polar surface area (TPSA) is 57.4 Å². The van der Waals surface area contributed by atoms with Gasteiger partial charge in [0.1, 0.15) is 11.6 Å². The number of rotatable bonds is 6. The van der Waals surface area contributed by atoms with Crippen LogP contribution in [-0.2, 0) is 13.1 Å². The molecule has 1 aromatic heterocycles. The van der Waals surface area contributed by atoms with E-state index in [-0.39, 0.29) is 11.4 Å². The first-order valence-electron chi connectivity index (χ1n) is 10.9. The summed E-state index contributed by atoms with van der Waals surface area (Å²) in [6, 6.07) is 19.7. The molecule has 34 heavy (non-hydrogen) atoms. The van der Waals surface area contributed by atoms with Gasteiger partial charge in [-0.1, -0.05) is 18.2 Å². The molecule has 2 N–H and O–H groups in total. The van der Waals surface area contributed by atoms with Crippen LogP contribution in [-0.4, -0.2) is 22.1 Å².